The van der Waals surface area contributed by atoms with Crippen LogP contribution in [0.4, 0.5) is 4.39 Å². The number of aromatic nitrogens is 1. The maximum absolute atomic E-state index is 13.9. The maximum atomic E-state index is 13.9. The lowest BCUT2D eigenvalue weighted by atomic mass is 10.1. The van der Waals surface area contributed by atoms with Crippen molar-refractivity contribution in [2.45, 2.75) is 33.2 Å². The summed E-state index contributed by atoms with van der Waals surface area (Å²) in [4.78, 5) is 18.5. The summed E-state index contributed by atoms with van der Waals surface area (Å²) >= 11 is 7.51. The summed E-state index contributed by atoms with van der Waals surface area (Å²) < 4.78 is 15.9. The van der Waals surface area contributed by atoms with Crippen LogP contribution in [0.2, 0.25) is 5.02 Å². The van der Waals surface area contributed by atoms with Crippen molar-refractivity contribution in [2.24, 2.45) is 4.99 Å². The topological polar surface area (TPSA) is 34.4 Å². The number of halogens is 2. The molecule has 1 heterocycles. The average molecular weight is 403 g/mol. The minimum Gasteiger partial charge on any atom is -0.316 e. The number of hydrogen-bond donors (Lipinski definition) is 0. The largest absolute Gasteiger partial charge is 0.316 e. The third-order valence-corrected chi connectivity index (χ3v) is 5.58. The lowest BCUT2D eigenvalue weighted by Gasteiger charge is -2.09. The standard InChI is InChI=1S/C21H20ClFN2OS/c1-3-7-18-19(14-10-12-15(22)13-11-14)25(4-2)21(27-18)24-20(26)16-8-5-6-9-17(16)23/h5-6,8-13H,3-4,7H2,1-2H3. The SMILES string of the molecule is CCCc1sc(=NC(=O)c2ccccc2F)n(CC)c1-c1ccc(Cl)cc1. The Bertz CT molecular complexity index is 1020. The van der Waals surface area contributed by atoms with Crippen molar-refractivity contribution < 1.29 is 9.18 Å². The highest BCUT2D eigenvalue weighted by Gasteiger charge is 2.16. The highest BCUT2D eigenvalue weighted by Crippen LogP contribution is 2.28. The summed E-state index contributed by atoms with van der Waals surface area (Å²) in [6.45, 7) is 4.78. The molecule has 6 heteroatoms. The van der Waals surface area contributed by atoms with Gasteiger partial charge in [-0.25, -0.2) is 4.39 Å². The van der Waals surface area contributed by atoms with Crippen LogP contribution in [-0.2, 0) is 13.0 Å². The second-order valence-electron chi connectivity index (χ2n) is 6.05. The van der Waals surface area contributed by atoms with Gasteiger partial charge in [-0.15, -0.1) is 11.3 Å². The Morgan fingerprint density at radius 1 is 1.15 bits per heavy atom. The molecule has 27 heavy (non-hydrogen) atoms. The Morgan fingerprint density at radius 2 is 1.85 bits per heavy atom. The summed E-state index contributed by atoms with van der Waals surface area (Å²) in [5, 5.41) is 0.675. The minimum absolute atomic E-state index is 0.0152. The molecule has 0 saturated carbocycles. The normalized spacial score (nSPS) is 11.8. The number of thiazole rings is 1. The Kier molecular flexibility index (Phi) is 6.24. The Morgan fingerprint density at radius 3 is 2.48 bits per heavy atom. The van der Waals surface area contributed by atoms with Crippen LogP contribution in [0, 0.1) is 5.82 Å². The van der Waals surface area contributed by atoms with Crippen molar-refractivity contribution in [1.82, 2.24) is 4.57 Å². The van der Waals surface area contributed by atoms with Gasteiger partial charge >= 0.3 is 0 Å². The van der Waals surface area contributed by atoms with Crippen LogP contribution in [0.3, 0.4) is 0 Å². The van der Waals surface area contributed by atoms with E-state index in [0.29, 0.717) is 16.4 Å². The first-order valence-corrected chi connectivity index (χ1v) is 10.1. The van der Waals surface area contributed by atoms with E-state index in [4.69, 9.17) is 11.6 Å². The molecule has 0 aliphatic heterocycles. The molecule has 0 spiro atoms. The second-order valence-corrected chi connectivity index (χ2v) is 7.55. The van der Waals surface area contributed by atoms with Gasteiger partial charge in [-0.3, -0.25) is 4.79 Å². The first-order chi connectivity index (χ1) is 13.0. The van der Waals surface area contributed by atoms with Gasteiger partial charge in [-0.05, 0) is 43.2 Å². The number of aryl methyl sites for hydroxylation is 1. The maximum Gasteiger partial charge on any atom is 0.282 e. The van der Waals surface area contributed by atoms with Gasteiger partial charge in [0.15, 0.2) is 4.80 Å². The molecule has 1 amide bonds. The molecule has 3 aromatic rings. The van der Waals surface area contributed by atoms with Crippen LogP contribution in [0.1, 0.15) is 35.5 Å². The predicted molar refractivity (Wildman–Crippen MR) is 109 cm³/mol. The number of benzene rings is 2. The number of hydrogen-bond acceptors (Lipinski definition) is 2. The summed E-state index contributed by atoms with van der Waals surface area (Å²) in [5.41, 5.74) is 2.06. The van der Waals surface area contributed by atoms with Crippen molar-refractivity contribution in [2.75, 3.05) is 0 Å². The molecule has 0 bridgehead atoms. The van der Waals surface area contributed by atoms with E-state index in [0.717, 1.165) is 29.0 Å². The Balaban J connectivity index is 2.16. The van der Waals surface area contributed by atoms with Crippen molar-refractivity contribution in [3.8, 4) is 11.3 Å². The van der Waals surface area contributed by atoms with E-state index >= 15 is 0 Å². The molecular formula is C21H20ClFN2OS. The molecule has 0 atom stereocenters. The fourth-order valence-corrected chi connectivity index (χ4v) is 4.38. The number of nitrogens with zero attached hydrogens (tertiary/aromatic N) is 2. The van der Waals surface area contributed by atoms with Crippen molar-refractivity contribution in [3.05, 3.63) is 74.6 Å². The molecular weight excluding hydrogens is 383 g/mol. The van der Waals surface area contributed by atoms with E-state index < -0.39 is 11.7 Å². The lowest BCUT2D eigenvalue weighted by Crippen LogP contribution is -2.17. The van der Waals surface area contributed by atoms with E-state index in [1.54, 1.807) is 12.1 Å². The van der Waals surface area contributed by atoms with Crippen LogP contribution in [0.15, 0.2) is 53.5 Å². The monoisotopic (exact) mass is 402 g/mol. The van der Waals surface area contributed by atoms with E-state index in [1.165, 1.54) is 23.5 Å². The molecule has 0 saturated heterocycles. The summed E-state index contributed by atoms with van der Waals surface area (Å²) in [5.74, 6) is -1.13. The van der Waals surface area contributed by atoms with Crippen LogP contribution < -0.4 is 4.80 Å². The minimum atomic E-state index is -0.567. The zero-order chi connectivity index (χ0) is 19.4. The van der Waals surface area contributed by atoms with Crippen LogP contribution in [0.5, 0.6) is 0 Å². The average Bonchev–Trinajstić information content (AvgIpc) is 3.00. The van der Waals surface area contributed by atoms with Gasteiger partial charge in [0.1, 0.15) is 5.82 Å². The van der Waals surface area contributed by atoms with Crippen molar-refractivity contribution in [3.63, 3.8) is 0 Å². The van der Waals surface area contributed by atoms with Gasteiger partial charge in [0.2, 0.25) is 0 Å². The summed E-state index contributed by atoms with van der Waals surface area (Å²) in [6, 6.07) is 13.6. The Labute approximate surface area is 166 Å². The van der Waals surface area contributed by atoms with Gasteiger partial charge in [-0.1, -0.05) is 49.2 Å². The fraction of sp³-hybridized carbons (Fsp3) is 0.238. The number of rotatable bonds is 5. The van der Waals surface area contributed by atoms with E-state index in [-0.39, 0.29) is 5.56 Å². The molecule has 0 fully saturated rings. The third kappa shape index (κ3) is 4.20. The molecule has 3 nitrogen and oxygen atoms in total. The van der Waals surface area contributed by atoms with Crippen LogP contribution >= 0.6 is 22.9 Å². The highest BCUT2D eigenvalue weighted by molar-refractivity contribution is 7.09. The van der Waals surface area contributed by atoms with Gasteiger partial charge in [0.05, 0.1) is 11.3 Å². The van der Waals surface area contributed by atoms with Gasteiger partial charge in [-0.2, -0.15) is 4.99 Å². The lowest BCUT2D eigenvalue weighted by molar-refractivity contribution is 0.0994. The molecule has 0 radical (unpaired) electrons. The number of amides is 1. The van der Waals surface area contributed by atoms with Crippen molar-refractivity contribution >= 4 is 28.8 Å². The molecule has 0 aliphatic carbocycles. The predicted octanol–water partition coefficient (Wildman–Crippen LogP) is 5.72. The zero-order valence-electron chi connectivity index (χ0n) is 15.2. The van der Waals surface area contributed by atoms with Gasteiger partial charge < -0.3 is 4.57 Å². The zero-order valence-corrected chi connectivity index (χ0v) is 16.8. The van der Waals surface area contributed by atoms with E-state index in [2.05, 4.69) is 11.9 Å². The molecule has 3 rings (SSSR count). The third-order valence-electron chi connectivity index (χ3n) is 4.19. The van der Waals surface area contributed by atoms with Gasteiger partial charge in [0.25, 0.3) is 5.91 Å². The van der Waals surface area contributed by atoms with E-state index in [1.807, 2.05) is 35.8 Å². The number of carbonyl (C=O) groups excluding carboxylic acids is 1. The van der Waals surface area contributed by atoms with Crippen molar-refractivity contribution in [1.29, 1.82) is 0 Å². The van der Waals surface area contributed by atoms with Crippen LogP contribution in [-0.4, -0.2) is 10.5 Å². The second kappa shape index (κ2) is 8.63. The number of carbonyl (C=O) groups is 1. The molecule has 0 N–H and O–H groups in total. The first kappa shape index (κ1) is 19.5. The van der Waals surface area contributed by atoms with Gasteiger partial charge in [0, 0.05) is 16.4 Å². The first-order valence-electron chi connectivity index (χ1n) is 8.87. The quantitative estimate of drug-likeness (QED) is 0.537. The van der Waals surface area contributed by atoms with E-state index in [9.17, 15) is 9.18 Å². The van der Waals surface area contributed by atoms with Crippen LogP contribution in [0.25, 0.3) is 11.3 Å². The molecule has 140 valence electrons. The summed E-state index contributed by atoms with van der Waals surface area (Å²) in [6.07, 6.45) is 1.86. The molecule has 2 aromatic carbocycles. The molecule has 0 aliphatic rings. The smallest absolute Gasteiger partial charge is 0.282 e. The fourth-order valence-electron chi connectivity index (χ4n) is 2.94. The highest BCUT2D eigenvalue weighted by atomic mass is 35.5. The molecule has 1 aromatic heterocycles. The molecule has 0 unspecified atom stereocenters. The Hall–Kier alpha value is -2.24. The summed E-state index contributed by atoms with van der Waals surface area (Å²) in [7, 11) is 0.